The van der Waals surface area contributed by atoms with Crippen molar-refractivity contribution in [1.82, 2.24) is 10.1 Å². The molecular weight excluding hydrogens is 280 g/mol. The molecule has 1 saturated carbocycles. The first kappa shape index (κ1) is 15.5. The van der Waals surface area contributed by atoms with Crippen molar-refractivity contribution in [2.75, 3.05) is 13.1 Å². The van der Waals surface area contributed by atoms with Gasteiger partial charge in [-0.2, -0.15) is 0 Å². The lowest BCUT2D eigenvalue weighted by Gasteiger charge is -2.17. The van der Waals surface area contributed by atoms with E-state index < -0.39 is 6.10 Å². The highest BCUT2D eigenvalue weighted by atomic mass is 16.5. The number of likely N-dealkylation sites (tertiary alicyclic amines) is 1. The lowest BCUT2D eigenvalue weighted by Crippen LogP contribution is -2.29. The molecule has 122 valence electrons. The number of amides is 1. The highest BCUT2D eigenvalue weighted by Gasteiger charge is 2.34. The molecule has 1 N–H and O–H groups in total. The van der Waals surface area contributed by atoms with Crippen molar-refractivity contribution in [3.05, 3.63) is 17.5 Å². The first-order valence-electron chi connectivity index (χ1n) is 8.50. The number of aromatic nitrogens is 1. The van der Waals surface area contributed by atoms with Gasteiger partial charge < -0.3 is 14.5 Å². The predicted molar refractivity (Wildman–Crippen MR) is 82.2 cm³/mol. The SMILES string of the molecule is Cc1cc(C[C@@H]2CN(C(=O)CCC3CCCC3)C[C@H]2O)on1. The smallest absolute Gasteiger partial charge is 0.222 e. The number of hydrogen-bond donors (Lipinski definition) is 1. The largest absolute Gasteiger partial charge is 0.391 e. The molecule has 1 amide bonds. The Kier molecular flexibility index (Phi) is 4.81. The van der Waals surface area contributed by atoms with Gasteiger partial charge in [-0.25, -0.2) is 0 Å². The topological polar surface area (TPSA) is 66.6 Å². The Morgan fingerprint density at radius 3 is 2.86 bits per heavy atom. The van der Waals surface area contributed by atoms with Crippen LogP contribution in [0.1, 0.15) is 50.0 Å². The van der Waals surface area contributed by atoms with Crippen LogP contribution in [0.3, 0.4) is 0 Å². The van der Waals surface area contributed by atoms with Crippen molar-refractivity contribution in [3.8, 4) is 0 Å². The third-order valence-electron chi connectivity index (χ3n) is 5.14. The van der Waals surface area contributed by atoms with Crippen molar-refractivity contribution < 1.29 is 14.4 Å². The van der Waals surface area contributed by atoms with Crippen LogP contribution >= 0.6 is 0 Å². The summed E-state index contributed by atoms with van der Waals surface area (Å²) in [5.74, 6) is 1.79. The zero-order valence-corrected chi connectivity index (χ0v) is 13.3. The minimum absolute atomic E-state index is 0.0581. The number of carbonyl (C=O) groups excluding carboxylic acids is 1. The van der Waals surface area contributed by atoms with Crippen LogP contribution in [0.15, 0.2) is 10.6 Å². The van der Waals surface area contributed by atoms with E-state index in [1.807, 2.05) is 17.9 Å². The third-order valence-corrected chi connectivity index (χ3v) is 5.14. The van der Waals surface area contributed by atoms with Crippen LogP contribution in [0.25, 0.3) is 0 Å². The maximum Gasteiger partial charge on any atom is 0.222 e. The molecule has 22 heavy (non-hydrogen) atoms. The number of hydrogen-bond acceptors (Lipinski definition) is 4. The summed E-state index contributed by atoms with van der Waals surface area (Å²) in [6, 6.07) is 1.90. The van der Waals surface area contributed by atoms with Gasteiger partial charge in [-0.05, 0) is 19.3 Å². The summed E-state index contributed by atoms with van der Waals surface area (Å²) < 4.78 is 5.22. The van der Waals surface area contributed by atoms with Crippen LogP contribution in [-0.4, -0.2) is 40.3 Å². The van der Waals surface area contributed by atoms with Crippen LogP contribution in [0.4, 0.5) is 0 Å². The number of aliphatic hydroxyl groups is 1. The molecule has 1 aliphatic carbocycles. The van der Waals surface area contributed by atoms with Gasteiger partial charge in [0, 0.05) is 37.9 Å². The quantitative estimate of drug-likeness (QED) is 0.906. The van der Waals surface area contributed by atoms with Gasteiger partial charge in [-0.3, -0.25) is 4.79 Å². The van der Waals surface area contributed by atoms with E-state index in [0.717, 1.165) is 23.8 Å². The molecule has 0 bridgehead atoms. The van der Waals surface area contributed by atoms with E-state index in [1.165, 1.54) is 25.7 Å². The Hall–Kier alpha value is -1.36. The summed E-state index contributed by atoms with van der Waals surface area (Å²) >= 11 is 0. The van der Waals surface area contributed by atoms with Crippen molar-refractivity contribution in [2.45, 2.75) is 58.0 Å². The molecule has 5 heteroatoms. The molecule has 1 aromatic heterocycles. The summed E-state index contributed by atoms with van der Waals surface area (Å²) in [5.41, 5.74) is 0.854. The average molecular weight is 306 g/mol. The van der Waals surface area contributed by atoms with Gasteiger partial charge in [0.15, 0.2) is 0 Å². The second-order valence-corrected chi connectivity index (χ2v) is 6.95. The summed E-state index contributed by atoms with van der Waals surface area (Å²) in [4.78, 5) is 14.2. The first-order valence-corrected chi connectivity index (χ1v) is 8.50. The van der Waals surface area contributed by atoms with E-state index in [-0.39, 0.29) is 11.8 Å². The number of β-amino-alcohol motifs (C(OH)–C–C–N with tert-alkyl or cyclic N) is 1. The molecule has 2 atom stereocenters. The van der Waals surface area contributed by atoms with Gasteiger partial charge in [-0.1, -0.05) is 30.8 Å². The molecule has 0 aromatic carbocycles. The molecule has 0 spiro atoms. The average Bonchev–Trinajstić information content (AvgIpc) is 3.20. The molecule has 2 heterocycles. The highest BCUT2D eigenvalue weighted by molar-refractivity contribution is 5.76. The Morgan fingerprint density at radius 1 is 1.41 bits per heavy atom. The Morgan fingerprint density at radius 2 is 2.18 bits per heavy atom. The number of aryl methyl sites for hydroxylation is 1. The van der Waals surface area contributed by atoms with Crippen molar-refractivity contribution in [1.29, 1.82) is 0 Å². The fourth-order valence-corrected chi connectivity index (χ4v) is 3.81. The van der Waals surface area contributed by atoms with Crippen LogP contribution in [-0.2, 0) is 11.2 Å². The summed E-state index contributed by atoms with van der Waals surface area (Å²) in [7, 11) is 0. The molecule has 0 unspecified atom stereocenters. The molecular formula is C17H26N2O3. The predicted octanol–water partition coefficient (Wildman–Crippen LogP) is 2.32. The Bertz CT molecular complexity index is 508. The molecule has 1 saturated heterocycles. The fourth-order valence-electron chi connectivity index (χ4n) is 3.81. The minimum atomic E-state index is -0.458. The third kappa shape index (κ3) is 3.69. The molecule has 3 rings (SSSR count). The van der Waals surface area contributed by atoms with E-state index >= 15 is 0 Å². The number of carbonyl (C=O) groups is 1. The van der Waals surface area contributed by atoms with Gasteiger partial charge >= 0.3 is 0 Å². The van der Waals surface area contributed by atoms with E-state index in [0.29, 0.717) is 25.9 Å². The van der Waals surface area contributed by atoms with Gasteiger partial charge in [0.05, 0.1) is 11.8 Å². The van der Waals surface area contributed by atoms with Crippen LogP contribution < -0.4 is 0 Å². The van der Waals surface area contributed by atoms with Crippen molar-refractivity contribution >= 4 is 5.91 Å². The van der Waals surface area contributed by atoms with Crippen LogP contribution in [0, 0.1) is 18.8 Å². The van der Waals surface area contributed by atoms with Crippen molar-refractivity contribution in [3.63, 3.8) is 0 Å². The minimum Gasteiger partial charge on any atom is -0.391 e. The number of aliphatic hydroxyl groups excluding tert-OH is 1. The lowest BCUT2D eigenvalue weighted by molar-refractivity contribution is -0.130. The van der Waals surface area contributed by atoms with Crippen LogP contribution in [0.2, 0.25) is 0 Å². The normalized spacial score (nSPS) is 26.0. The van der Waals surface area contributed by atoms with Crippen LogP contribution in [0.5, 0.6) is 0 Å². The molecule has 0 radical (unpaired) electrons. The molecule has 1 aliphatic heterocycles. The highest BCUT2D eigenvalue weighted by Crippen LogP contribution is 2.29. The lowest BCUT2D eigenvalue weighted by atomic mass is 10.0. The molecule has 2 fully saturated rings. The molecule has 2 aliphatic rings. The van der Waals surface area contributed by atoms with E-state index in [4.69, 9.17) is 4.52 Å². The van der Waals surface area contributed by atoms with Crippen molar-refractivity contribution in [2.24, 2.45) is 11.8 Å². The second-order valence-electron chi connectivity index (χ2n) is 6.95. The number of nitrogens with zero attached hydrogens (tertiary/aromatic N) is 2. The van der Waals surface area contributed by atoms with E-state index in [2.05, 4.69) is 5.16 Å². The zero-order chi connectivity index (χ0) is 15.5. The first-order chi connectivity index (χ1) is 10.6. The standard InChI is InChI=1S/C17H26N2O3/c1-12-8-15(22-18-12)9-14-10-19(11-16(14)20)17(21)7-6-13-4-2-3-5-13/h8,13-14,16,20H,2-7,9-11H2,1H3/t14-,16-/m1/s1. The van der Waals surface area contributed by atoms with E-state index in [1.54, 1.807) is 0 Å². The van der Waals surface area contributed by atoms with Gasteiger partial charge in [0.1, 0.15) is 5.76 Å². The zero-order valence-electron chi connectivity index (χ0n) is 13.3. The number of rotatable bonds is 5. The second kappa shape index (κ2) is 6.82. The molecule has 5 nitrogen and oxygen atoms in total. The van der Waals surface area contributed by atoms with E-state index in [9.17, 15) is 9.90 Å². The Balaban J connectivity index is 1.47. The summed E-state index contributed by atoms with van der Waals surface area (Å²) in [5, 5.41) is 14.1. The Labute approximate surface area is 131 Å². The molecule has 1 aromatic rings. The van der Waals surface area contributed by atoms with Gasteiger partial charge in [-0.15, -0.1) is 0 Å². The van der Waals surface area contributed by atoms with Gasteiger partial charge in [0.2, 0.25) is 5.91 Å². The monoisotopic (exact) mass is 306 g/mol. The summed E-state index contributed by atoms with van der Waals surface area (Å²) in [6.45, 7) is 2.97. The maximum atomic E-state index is 12.3. The van der Waals surface area contributed by atoms with Gasteiger partial charge in [0.25, 0.3) is 0 Å². The maximum absolute atomic E-state index is 12.3. The summed E-state index contributed by atoms with van der Waals surface area (Å²) in [6.07, 6.45) is 7.03. The fraction of sp³-hybridized carbons (Fsp3) is 0.765.